The summed E-state index contributed by atoms with van der Waals surface area (Å²) in [6, 6.07) is 0. The van der Waals surface area contributed by atoms with Gasteiger partial charge in [0.1, 0.15) is 17.4 Å². The van der Waals surface area contributed by atoms with Crippen molar-refractivity contribution in [3.8, 4) is 0 Å². The van der Waals surface area contributed by atoms with E-state index in [0.717, 1.165) is 10.2 Å². The summed E-state index contributed by atoms with van der Waals surface area (Å²) in [4.78, 5) is 8.56. The first-order valence-corrected chi connectivity index (χ1v) is 8.32. The highest BCUT2D eigenvalue weighted by Gasteiger charge is 2.23. The molecule has 0 aromatic carbocycles. The molecule has 0 atom stereocenters. The zero-order valence-electron chi connectivity index (χ0n) is 11.2. The summed E-state index contributed by atoms with van der Waals surface area (Å²) in [5, 5.41) is 2.94. The third kappa shape index (κ3) is 3.91. The van der Waals surface area contributed by atoms with E-state index in [-0.39, 0.29) is 11.2 Å². The fraction of sp³-hybridized carbons (Fsp3) is 0.636. The highest BCUT2D eigenvalue weighted by molar-refractivity contribution is 9.10. The van der Waals surface area contributed by atoms with Gasteiger partial charge in [-0.25, -0.2) is 18.4 Å². The van der Waals surface area contributed by atoms with Crippen LogP contribution in [0.5, 0.6) is 0 Å². The van der Waals surface area contributed by atoms with Gasteiger partial charge in [-0.05, 0) is 15.9 Å². The molecule has 1 aromatic heterocycles. The number of hydrogen-bond acceptors (Lipinski definition) is 5. The van der Waals surface area contributed by atoms with Crippen LogP contribution in [0.15, 0.2) is 4.47 Å². The Morgan fingerprint density at radius 3 is 2.22 bits per heavy atom. The van der Waals surface area contributed by atoms with Gasteiger partial charge in [-0.3, -0.25) is 0 Å². The minimum atomic E-state index is -3.15. The molecule has 102 valence electrons. The minimum Gasteiger partial charge on any atom is -0.372 e. The largest absolute Gasteiger partial charge is 0.372 e. The van der Waals surface area contributed by atoms with Gasteiger partial charge in [-0.1, -0.05) is 20.8 Å². The average molecular weight is 336 g/mol. The summed E-state index contributed by atoms with van der Waals surface area (Å²) in [7, 11) is -1.41. The molecule has 1 N–H and O–H groups in total. The van der Waals surface area contributed by atoms with Crippen molar-refractivity contribution < 1.29 is 8.42 Å². The van der Waals surface area contributed by atoms with E-state index in [2.05, 4.69) is 31.2 Å². The Kier molecular flexibility index (Phi) is 4.38. The lowest BCUT2D eigenvalue weighted by Gasteiger charge is -2.21. The second-order valence-corrected chi connectivity index (χ2v) is 8.15. The summed E-state index contributed by atoms with van der Waals surface area (Å²) in [5.41, 5.74) is 0.597. The molecule has 0 aliphatic carbocycles. The van der Waals surface area contributed by atoms with Gasteiger partial charge in [-0.15, -0.1) is 0 Å². The molecule has 0 spiro atoms. The molecule has 0 unspecified atom stereocenters. The number of anilines is 1. The number of halogens is 1. The Hall–Kier alpha value is -0.690. The second kappa shape index (κ2) is 5.13. The fourth-order valence-electron chi connectivity index (χ4n) is 1.46. The third-order valence-corrected chi connectivity index (χ3v) is 3.77. The summed E-state index contributed by atoms with van der Waals surface area (Å²) < 4.78 is 23.4. The molecular weight excluding hydrogens is 318 g/mol. The van der Waals surface area contributed by atoms with Crippen molar-refractivity contribution >= 4 is 31.6 Å². The van der Waals surface area contributed by atoms with E-state index in [9.17, 15) is 8.42 Å². The molecule has 18 heavy (non-hydrogen) atoms. The van der Waals surface area contributed by atoms with E-state index in [1.807, 2.05) is 20.8 Å². The van der Waals surface area contributed by atoms with Crippen molar-refractivity contribution in [1.82, 2.24) is 9.97 Å². The third-order valence-electron chi connectivity index (χ3n) is 2.24. The average Bonchev–Trinajstić information content (AvgIpc) is 2.16. The zero-order valence-corrected chi connectivity index (χ0v) is 13.6. The lowest BCUT2D eigenvalue weighted by Crippen LogP contribution is -2.19. The monoisotopic (exact) mass is 335 g/mol. The number of hydrogen-bond donors (Lipinski definition) is 1. The highest BCUT2D eigenvalue weighted by atomic mass is 79.9. The number of nitrogens with zero attached hydrogens (tertiary/aromatic N) is 2. The van der Waals surface area contributed by atoms with E-state index in [1.54, 1.807) is 7.05 Å². The summed E-state index contributed by atoms with van der Waals surface area (Å²) in [6.45, 7) is 6.05. The standard InChI is InChI=1S/C11H18BrN3O2S/c1-11(2,3)9-8(12)10(13-4)15-7(14-9)6-18(5,16)17/h6H2,1-5H3,(H,13,14,15). The molecule has 1 aromatic rings. The number of sulfone groups is 1. The molecule has 0 aliphatic rings. The van der Waals surface area contributed by atoms with Gasteiger partial charge in [-0.2, -0.15) is 0 Å². The van der Waals surface area contributed by atoms with Crippen LogP contribution in [0.3, 0.4) is 0 Å². The fourth-order valence-corrected chi connectivity index (χ4v) is 3.02. The highest BCUT2D eigenvalue weighted by Crippen LogP contribution is 2.32. The van der Waals surface area contributed by atoms with Gasteiger partial charge < -0.3 is 5.32 Å². The molecule has 0 saturated carbocycles. The molecule has 5 nitrogen and oxygen atoms in total. The Bertz CT molecular complexity index is 550. The van der Waals surface area contributed by atoms with Crippen LogP contribution < -0.4 is 5.32 Å². The predicted molar refractivity (Wildman–Crippen MR) is 76.5 cm³/mol. The maximum atomic E-state index is 11.3. The van der Waals surface area contributed by atoms with E-state index >= 15 is 0 Å². The molecule has 1 rings (SSSR count). The van der Waals surface area contributed by atoms with Gasteiger partial charge in [0.15, 0.2) is 9.84 Å². The number of nitrogens with one attached hydrogen (secondary N) is 1. The van der Waals surface area contributed by atoms with Crippen molar-refractivity contribution in [2.24, 2.45) is 0 Å². The maximum absolute atomic E-state index is 11.3. The first-order valence-electron chi connectivity index (χ1n) is 5.47. The molecule has 0 saturated heterocycles. The zero-order chi connectivity index (χ0) is 14.1. The summed E-state index contributed by atoms with van der Waals surface area (Å²) in [5.74, 6) is 0.765. The number of rotatable bonds is 3. The van der Waals surface area contributed by atoms with Crippen molar-refractivity contribution in [2.45, 2.75) is 31.9 Å². The normalized spacial score (nSPS) is 12.6. The lowest BCUT2D eigenvalue weighted by atomic mass is 9.92. The first-order chi connectivity index (χ1) is 8.04. The van der Waals surface area contributed by atoms with E-state index in [0.29, 0.717) is 11.6 Å². The quantitative estimate of drug-likeness (QED) is 0.915. The molecule has 7 heteroatoms. The van der Waals surface area contributed by atoms with Crippen LogP contribution in [-0.4, -0.2) is 31.7 Å². The van der Waals surface area contributed by atoms with Crippen LogP contribution in [-0.2, 0) is 21.0 Å². The van der Waals surface area contributed by atoms with Gasteiger partial charge in [0, 0.05) is 18.7 Å². The second-order valence-electron chi connectivity index (χ2n) is 5.22. The number of aromatic nitrogens is 2. The Labute approximate surface area is 116 Å². The van der Waals surface area contributed by atoms with E-state index in [1.165, 1.54) is 6.26 Å². The Morgan fingerprint density at radius 2 is 1.83 bits per heavy atom. The molecule has 0 aliphatic heterocycles. The lowest BCUT2D eigenvalue weighted by molar-refractivity contribution is 0.558. The molecule has 0 fully saturated rings. The first kappa shape index (κ1) is 15.4. The van der Waals surface area contributed by atoms with Gasteiger partial charge in [0.05, 0.1) is 10.2 Å². The SMILES string of the molecule is CNc1nc(CS(C)(=O)=O)nc(C(C)(C)C)c1Br. The van der Waals surface area contributed by atoms with Crippen LogP contribution in [0.4, 0.5) is 5.82 Å². The summed E-state index contributed by atoms with van der Waals surface area (Å²) in [6.07, 6.45) is 1.17. The van der Waals surface area contributed by atoms with Gasteiger partial charge in [0.25, 0.3) is 0 Å². The van der Waals surface area contributed by atoms with Crippen molar-refractivity contribution in [1.29, 1.82) is 0 Å². The topological polar surface area (TPSA) is 72.0 Å². The maximum Gasteiger partial charge on any atom is 0.154 e. The molecular formula is C11H18BrN3O2S. The molecule has 1 heterocycles. The van der Waals surface area contributed by atoms with Gasteiger partial charge >= 0.3 is 0 Å². The smallest absolute Gasteiger partial charge is 0.154 e. The van der Waals surface area contributed by atoms with Crippen molar-refractivity contribution in [2.75, 3.05) is 18.6 Å². The van der Waals surface area contributed by atoms with Crippen LogP contribution in [0.2, 0.25) is 0 Å². The molecule has 0 radical (unpaired) electrons. The predicted octanol–water partition coefficient (Wildman–Crippen LogP) is 2.12. The van der Waals surface area contributed by atoms with Gasteiger partial charge in [0.2, 0.25) is 0 Å². The van der Waals surface area contributed by atoms with Crippen LogP contribution >= 0.6 is 15.9 Å². The van der Waals surface area contributed by atoms with E-state index < -0.39 is 9.84 Å². The molecule has 0 amide bonds. The van der Waals surface area contributed by atoms with Crippen LogP contribution in [0.1, 0.15) is 32.3 Å². The minimum absolute atomic E-state index is 0.155. The molecule has 0 bridgehead atoms. The Balaban J connectivity index is 3.40. The van der Waals surface area contributed by atoms with Crippen LogP contribution in [0.25, 0.3) is 0 Å². The Morgan fingerprint density at radius 1 is 1.28 bits per heavy atom. The van der Waals surface area contributed by atoms with Crippen molar-refractivity contribution in [3.63, 3.8) is 0 Å². The van der Waals surface area contributed by atoms with E-state index in [4.69, 9.17) is 0 Å². The van der Waals surface area contributed by atoms with Crippen molar-refractivity contribution in [3.05, 3.63) is 16.0 Å². The van der Waals surface area contributed by atoms with Crippen LogP contribution in [0, 0.1) is 0 Å². The summed E-state index contributed by atoms with van der Waals surface area (Å²) >= 11 is 3.45.